The molecule has 1 aromatic heterocycles. The fourth-order valence-electron chi connectivity index (χ4n) is 1.88. The predicted octanol–water partition coefficient (Wildman–Crippen LogP) is 2.66. The van der Waals surface area contributed by atoms with Crippen molar-refractivity contribution in [2.75, 3.05) is 7.05 Å². The van der Waals surface area contributed by atoms with E-state index in [1.807, 2.05) is 13.1 Å². The molecule has 102 valence electrons. The average molecular weight is 268 g/mol. The molecule has 0 fully saturated rings. The summed E-state index contributed by atoms with van der Waals surface area (Å²) in [4.78, 5) is 15.2. The number of carbonyl (C=O) groups is 1. The number of nitrogens with zero attached hydrogens (tertiary/aromatic N) is 1. The second-order valence-corrected chi connectivity index (χ2v) is 5.86. The van der Waals surface area contributed by atoms with Crippen molar-refractivity contribution in [3.8, 4) is 0 Å². The van der Waals surface area contributed by atoms with Crippen molar-refractivity contribution in [3.63, 3.8) is 0 Å². The van der Waals surface area contributed by atoms with Crippen LogP contribution in [0.1, 0.15) is 38.0 Å². The average Bonchev–Trinajstić information content (AvgIpc) is 2.86. The number of amides is 1. The Bertz CT molecular complexity index is 351. The van der Waals surface area contributed by atoms with Gasteiger partial charge in [0, 0.05) is 24.4 Å². The molecular weight excluding hydrogens is 244 g/mol. The van der Waals surface area contributed by atoms with E-state index in [1.165, 1.54) is 4.88 Å². The van der Waals surface area contributed by atoms with Gasteiger partial charge in [0.1, 0.15) is 0 Å². The molecular formula is C14H24N2OS. The number of hydrogen-bond donors (Lipinski definition) is 1. The Labute approximate surface area is 114 Å². The summed E-state index contributed by atoms with van der Waals surface area (Å²) in [6.45, 7) is 4.19. The van der Waals surface area contributed by atoms with Gasteiger partial charge in [-0.1, -0.05) is 25.8 Å². The minimum absolute atomic E-state index is 0.0625. The number of likely N-dealkylation sites (N-methyl/N-ethyl adjacent to an activating group) is 1. The van der Waals surface area contributed by atoms with Crippen LogP contribution < -0.4 is 5.73 Å². The number of hydrogen-bond acceptors (Lipinski definition) is 3. The molecule has 18 heavy (non-hydrogen) atoms. The van der Waals surface area contributed by atoms with Crippen LogP contribution in [0.3, 0.4) is 0 Å². The number of rotatable bonds is 7. The van der Waals surface area contributed by atoms with Crippen molar-refractivity contribution in [3.05, 3.63) is 22.4 Å². The highest BCUT2D eigenvalue weighted by Gasteiger charge is 2.21. The molecule has 0 aliphatic heterocycles. The molecule has 0 saturated heterocycles. The standard InChI is InChI=1S/C14H24N2OS/c1-4-5-8-13(15)14(17)16(3)11(2)10-12-7-6-9-18-12/h6-7,9,11,13H,4-5,8,10,15H2,1-3H3/t11?,13-/m0/s1. The maximum Gasteiger partial charge on any atom is 0.239 e. The summed E-state index contributed by atoms with van der Waals surface area (Å²) in [5.41, 5.74) is 5.93. The lowest BCUT2D eigenvalue weighted by molar-refractivity contribution is -0.133. The minimum Gasteiger partial charge on any atom is -0.341 e. The van der Waals surface area contributed by atoms with Crippen LogP contribution in [0.4, 0.5) is 0 Å². The molecule has 2 atom stereocenters. The van der Waals surface area contributed by atoms with E-state index in [1.54, 1.807) is 16.2 Å². The number of unbranched alkanes of at least 4 members (excludes halogenated alkanes) is 1. The van der Waals surface area contributed by atoms with Crippen LogP contribution in [-0.2, 0) is 11.2 Å². The summed E-state index contributed by atoms with van der Waals surface area (Å²) in [6.07, 6.45) is 3.78. The van der Waals surface area contributed by atoms with Crippen molar-refractivity contribution >= 4 is 17.2 Å². The van der Waals surface area contributed by atoms with E-state index in [2.05, 4.69) is 25.3 Å². The van der Waals surface area contributed by atoms with Gasteiger partial charge in [-0.05, 0) is 24.8 Å². The summed E-state index contributed by atoms with van der Waals surface area (Å²) >= 11 is 1.73. The lowest BCUT2D eigenvalue weighted by Crippen LogP contribution is -2.46. The Morgan fingerprint density at radius 1 is 1.56 bits per heavy atom. The minimum atomic E-state index is -0.347. The van der Waals surface area contributed by atoms with E-state index >= 15 is 0 Å². The monoisotopic (exact) mass is 268 g/mol. The van der Waals surface area contributed by atoms with Crippen LogP contribution in [0.25, 0.3) is 0 Å². The molecule has 0 spiro atoms. The molecule has 2 N–H and O–H groups in total. The highest BCUT2D eigenvalue weighted by Crippen LogP contribution is 2.14. The van der Waals surface area contributed by atoms with Crippen molar-refractivity contribution in [1.82, 2.24) is 4.90 Å². The van der Waals surface area contributed by atoms with Gasteiger partial charge in [-0.3, -0.25) is 4.79 Å². The number of thiophene rings is 1. The van der Waals surface area contributed by atoms with E-state index in [0.29, 0.717) is 0 Å². The van der Waals surface area contributed by atoms with E-state index in [-0.39, 0.29) is 18.0 Å². The van der Waals surface area contributed by atoms with Gasteiger partial charge in [0.05, 0.1) is 6.04 Å². The first-order valence-corrected chi connectivity index (χ1v) is 7.48. The zero-order chi connectivity index (χ0) is 13.5. The second kappa shape index (κ2) is 7.54. The quantitative estimate of drug-likeness (QED) is 0.826. The van der Waals surface area contributed by atoms with E-state index in [0.717, 1.165) is 25.7 Å². The predicted molar refractivity (Wildman–Crippen MR) is 77.8 cm³/mol. The van der Waals surface area contributed by atoms with E-state index in [9.17, 15) is 4.79 Å². The van der Waals surface area contributed by atoms with Crippen molar-refractivity contribution in [2.45, 2.75) is 51.6 Å². The summed E-state index contributed by atoms with van der Waals surface area (Å²) in [5.74, 6) is 0.0625. The third-order valence-electron chi connectivity index (χ3n) is 3.27. The summed E-state index contributed by atoms with van der Waals surface area (Å²) in [6, 6.07) is 4.00. The fraction of sp³-hybridized carbons (Fsp3) is 0.643. The van der Waals surface area contributed by atoms with Gasteiger partial charge in [0.15, 0.2) is 0 Å². The Balaban J connectivity index is 2.46. The van der Waals surface area contributed by atoms with Gasteiger partial charge >= 0.3 is 0 Å². The van der Waals surface area contributed by atoms with Crippen LogP contribution in [0.15, 0.2) is 17.5 Å². The van der Waals surface area contributed by atoms with Crippen molar-refractivity contribution in [1.29, 1.82) is 0 Å². The van der Waals surface area contributed by atoms with E-state index in [4.69, 9.17) is 5.73 Å². The molecule has 0 radical (unpaired) electrons. The molecule has 1 unspecified atom stereocenters. The van der Waals surface area contributed by atoms with Crippen LogP contribution in [-0.4, -0.2) is 29.9 Å². The first-order valence-electron chi connectivity index (χ1n) is 6.60. The third-order valence-corrected chi connectivity index (χ3v) is 4.17. The lowest BCUT2D eigenvalue weighted by Gasteiger charge is -2.27. The Hall–Kier alpha value is -0.870. The van der Waals surface area contributed by atoms with Crippen LogP contribution in [0, 0.1) is 0 Å². The van der Waals surface area contributed by atoms with Crippen LogP contribution in [0.2, 0.25) is 0 Å². The maximum atomic E-state index is 12.1. The molecule has 1 heterocycles. The third kappa shape index (κ3) is 4.42. The van der Waals surface area contributed by atoms with Gasteiger partial charge in [0.2, 0.25) is 5.91 Å². The summed E-state index contributed by atoms with van der Waals surface area (Å²) in [7, 11) is 1.85. The van der Waals surface area contributed by atoms with Crippen LogP contribution >= 0.6 is 11.3 Å². The molecule has 0 bridgehead atoms. The molecule has 0 aliphatic rings. The van der Waals surface area contributed by atoms with E-state index < -0.39 is 0 Å². The fourth-order valence-corrected chi connectivity index (χ4v) is 2.71. The molecule has 1 rings (SSSR count). The number of carbonyl (C=O) groups excluding carboxylic acids is 1. The molecule has 3 nitrogen and oxygen atoms in total. The smallest absolute Gasteiger partial charge is 0.239 e. The Morgan fingerprint density at radius 3 is 2.83 bits per heavy atom. The van der Waals surface area contributed by atoms with Gasteiger partial charge in [-0.25, -0.2) is 0 Å². The first-order chi connectivity index (χ1) is 8.56. The molecule has 0 aliphatic carbocycles. The zero-order valence-electron chi connectivity index (χ0n) is 11.6. The molecule has 0 saturated carbocycles. The Kier molecular flexibility index (Phi) is 6.36. The van der Waals surface area contributed by atoms with Gasteiger partial charge in [-0.2, -0.15) is 0 Å². The van der Waals surface area contributed by atoms with Gasteiger partial charge in [0.25, 0.3) is 0 Å². The van der Waals surface area contributed by atoms with Crippen LogP contribution in [0.5, 0.6) is 0 Å². The first kappa shape index (κ1) is 15.2. The highest BCUT2D eigenvalue weighted by atomic mass is 32.1. The SMILES string of the molecule is CCCC[C@H](N)C(=O)N(C)C(C)Cc1cccs1. The normalized spacial score (nSPS) is 14.2. The largest absolute Gasteiger partial charge is 0.341 e. The van der Waals surface area contributed by atoms with Crippen molar-refractivity contribution in [2.24, 2.45) is 5.73 Å². The molecule has 4 heteroatoms. The zero-order valence-corrected chi connectivity index (χ0v) is 12.4. The summed E-state index contributed by atoms with van der Waals surface area (Å²) in [5, 5.41) is 2.07. The molecule has 1 aromatic rings. The second-order valence-electron chi connectivity index (χ2n) is 4.83. The van der Waals surface area contributed by atoms with Crippen molar-refractivity contribution < 1.29 is 4.79 Å². The number of nitrogens with two attached hydrogens (primary N) is 1. The molecule has 1 amide bonds. The van der Waals surface area contributed by atoms with Gasteiger partial charge < -0.3 is 10.6 Å². The molecule has 0 aromatic carbocycles. The summed E-state index contributed by atoms with van der Waals surface area (Å²) < 4.78 is 0. The maximum absolute atomic E-state index is 12.1. The Morgan fingerprint density at radius 2 is 2.28 bits per heavy atom. The highest BCUT2D eigenvalue weighted by molar-refractivity contribution is 7.09. The lowest BCUT2D eigenvalue weighted by atomic mass is 10.1. The topological polar surface area (TPSA) is 46.3 Å². The van der Waals surface area contributed by atoms with Gasteiger partial charge in [-0.15, -0.1) is 11.3 Å².